The van der Waals surface area contributed by atoms with E-state index in [9.17, 15) is 14.3 Å². The zero-order valence-corrected chi connectivity index (χ0v) is 16.0. The fourth-order valence-corrected chi connectivity index (χ4v) is 3.12. The van der Waals surface area contributed by atoms with E-state index in [1.165, 1.54) is 18.2 Å². The van der Waals surface area contributed by atoms with Crippen LogP contribution in [0.2, 0.25) is 5.02 Å². The second kappa shape index (κ2) is 7.92. The third-order valence-corrected chi connectivity index (χ3v) is 4.86. The van der Waals surface area contributed by atoms with Crippen molar-refractivity contribution in [3.05, 3.63) is 28.8 Å². The molecule has 0 aliphatic carbocycles. The first-order valence-electron chi connectivity index (χ1n) is 8.75. The average Bonchev–Trinajstić information content (AvgIpc) is 2.50. The normalized spacial score (nSPS) is 18.1. The molecule has 25 heavy (non-hydrogen) atoms. The summed E-state index contributed by atoms with van der Waals surface area (Å²) in [6.07, 6.45) is 1.91. The number of carbonyl (C=O) groups excluding carboxylic acids is 1. The molecule has 1 amide bonds. The molecule has 0 bridgehead atoms. The predicted octanol–water partition coefficient (Wildman–Crippen LogP) is 4.02. The van der Waals surface area contributed by atoms with Gasteiger partial charge < -0.3 is 15.3 Å². The van der Waals surface area contributed by atoms with Crippen LogP contribution in [0.5, 0.6) is 5.75 Å². The number of piperidine rings is 1. The van der Waals surface area contributed by atoms with E-state index in [-0.39, 0.29) is 28.3 Å². The van der Waals surface area contributed by atoms with E-state index in [2.05, 4.69) is 31.0 Å². The molecule has 2 N–H and O–H groups in total. The maximum atomic E-state index is 14.9. The quantitative estimate of drug-likeness (QED) is 0.823. The van der Waals surface area contributed by atoms with Gasteiger partial charge >= 0.3 is 0 Å². The number of phenolic OH excluding ortho intramolecular Hbond substituents is 1. The van der Waals surface area contributed by atoms with Crippen LogP contribution in [0.1, 0.15) is 50.4 Å². The number of hydrogen-bond acceptors (Lipinski definition) is 3. The monoisotopic (exact) mass is 370 g/mol. The van der Waals surface area contributed by atoms with Gasteiger partial charge in [-0.3, -0.25) is 4.79 Å². The van der Waals surface area contributed by atoms with Crippen molar-refractivity contribution in [2.75, 3.05) is 26.2 Å². The number of halogens is 2. The number of hydrogen-bond donors (Lipinski definition) is 2. The molecule has 1 aliphatic rings. The standard InChI is InChI=1S/C19H28ClFN2O2/c1-18(2,3)4-7-23-8-5-19(21,6-9-23)13-22-17(25)14-10-15(20)12-16(24)11-14/h10-12,24H,4-9,13H2,1-3H3,(H,22,25). The third kappa shape index (κ3) is 6.48. The highest BCUT2D eigenvalue weighted by atomic mass is 35.5. The van der Waals surface area contributed by atoms with Crippen LogP contribution in [0.15, 0.2) is 18.2 Å². The number of nitrogens with zero attached hydrogens (tertiary/aromatic N) is 1. The van der Waals surface area contributed by atoms with Gasteiger partial charge in [-0.05, 0) is 49.4 Å². The lowest BCUT2D eigenvalue weighted by Gasteiger charge is -2.37. The van der Waals surface area contributed by atoms with Gasteiger partial charge in [0.25, 0.3) is 5.91 Å². The van der Waals surface area contributed by atoms with Crippen molar-refractivity contribution in [3.63, 3.8) is 0 Å². The Bertz CT molecular complexity index is 588. The van der Waals surface area contributed by atoms with Crippen LogP contribution in [0.3, 0.4) is 0 Å². The Morgan fingerprint density at radius 1 is 1.32 bits per heavy atom. The number of amides is 1. The summed E-state index contributed by atoms with van der Waals surface area (Å²) in [5, 5.41) is 12.4. The third-order valence-electron chi connectivity index (χ3n) is 4.64. The number of phenols is 1. The number of benzene rings is 1. The Kier molecular flexibility index (Phi) is 6.33. The summed E-state index contributed by atoms with van der Waals surface area (Å²) in [4.78, 5) is 14.4. The molecule has 1 saturated heterocycles. The zero-order chi connectivity index (χ0) is 18.7. The van der Waals surface area contributed by atoms with Crippen molar-refractivity contribution in [3.8, 4) is 5.75 Å². The van der Waals surface area contributed by atoms with E-state index >= 15 is 0 Å². The topological polar surface area (TPSA) is 52.6 Å². The molecular weight excluding hydrogens is 343 g/mol. The van der Waals surface area contributed by atoms with Gasteiger partial charge in [0.2, 0.25) is 0 Å². The molecule has 2 rings (SSSR count). The van der Waals surface area contributed by atoms with Crippen LogP contribution in [0, 0.1) is 5.41 Å². The molecule has 1 fully saturated rings. The fraction of sp³-hybridized carbons (Fsp3) is 0.632. The molecule has 1 aromatic rings. The summed E-state index contributed by atoms with van der Waals surface area (Å²) < 4.78 is 14.9. The van der Waals surface area contributed by atoms with Gasteiger partial charge in [-0.25, -0.2) is 4.39 Å². The van der Waals surface area contributed by atoms with Gasteiger partial charge in [-0.1, -0.05) is 32.4 Å². The fourth-order valence-electron chi connectivity index (χ4n) is 2.89. The molecule has 0 aromatic heterocycles. The van der Waals surface area contributed by atoms with Crippen LogP contribution < -0.4 is 5.32 Å². The van der Waals surface area contributed by atoms with Crippen LogP contribution in [0.4, 0.5) is 4.39 Å². The number of carbonyl (C=O) groups is 1. The molecule has 140 valence electrons. The molecule has 0 saturated carbocycles. The molecule has 1 aromatic carbocycles. The largest absolute Gasteiger partial charge is 0.508 e. The van der Waals surface area contributed by atoms with Crippen molar-refractivity contribution in [1.82, 2.24) is 10.2 Å². The summed E-state index contributed by atoms with van der Waals surface area (Å²) in [5.74, 6) is -0.509. The van der Waals surface area contributed by atoms with Crippen molar-refractivity contribution < 1.29 is 14.3 Å². The van der Waals surface area contributed by atoms with E-state index < -0.39 is 11.6 Å². The summed E-state index contributed by atoms with van der Waals surface area (Å²) in [5.41, 5.74) is -0.869. The zero-order valence-electron chi connectivity index (χ0n) is 15.2. The molecule has 1 heterocycles. The van der Waals surface area contributed by atoms with Gasteiger partial charge in [0.1, 0.15) is 11.4 Å². The predicted molar refractivity (Wildman–Crippen MR) is 99.0 cm³/mol. The summed E-state index contributed by atoms with van der Waals surface area (Å²) >= 11 is 5.83. The summed E-state index contributed by atoms with van der Waals surface area (Å²) in [6.45, 7) is 9.00. The number of likely N-dealkylation sites (tertiary alicyclic amines) is 1. The maximum Gasteiger partial charge on any atom is 0.251 e. The Morgan fingerprint density at radius 3 is 2.52 bits per heavy atom. The first kappa shape index (κ1) is 20.0. The van der Waals surface area contributed by atoms with E-state index in [0.717, 1.165) is 13.0 Å². The number of rotatable bonds is 5. The van der Waals surface area contributed by atoms with Crippen molar-refractivity contribution in [2.45, 2.75) is 45.7 Å². The Labute approximate surface area is 154 Å². The summed E-state index contributed by atoms with van der Waals surface area (Å²) in [6, 6.07) is 4.13. The second-order valence-corrected chi connectivity index (χ2v) is 8.62. The Balaban J connectivity index is 1.82. The minimum atomic E-state index is -1.38. The first-order chi connectivity index (χ1) is 11.6. The molecule has 0 unspecified atom stereocenters. The Hall–Kier alpha value is -1.33. The van der Waals surface area contributed by atoms with Crippen molar-refractivity contribution >= 4 is 17.5 Å². The molecule has 0 atom stereocenters. The van der Waals surface area contributed by atoms with Crippen LogP contribution in [-0.4, -0.2) is 47.8 Å². The first-order valence-corrected chi connectivity index (χ1v) is 9.13. The average molecular weight is 371 g/mol. The Morgan fingerprint density at radius 2 is 1.96 bits per heavy atom. The highest BCUT2D eigenvalue weighted by Gasteiger charge is 2.35. The highest BCUT2D eigenvalue weighted by Crippen LogP contribution is 2.28. The van der Waals surface area contributed by atoms with Gasteiger partial charge in [-0.15, -0.1) is 0 Å². The van der Waals surface area contributed by atoms with Crippen molar-refractivity contribution in [1.29, 1.82) is 0 Å². The number of nitrogens with one attached hydrogen (secondary N) is 1. The minimum Gasteiger partial charge on any atom is -0.508 e. The maximum absolute atomic E-state index is 14.9. The molecule has 0 spiro atoms. The summed E-state index contributed by atoms with van der Waals surface area (Å²) in [7, 11) is 0. The van der Waals surface area contributed by atoms with Gasteiger partial charge in [0, 0.05) is 23.7 Å². The van der Waals surface area contributed by atoms with E-state index in [1.54, 1.807) is 0 Å². The van der Waals surface area contributed by atoms with Gasteiger partial charge in [-0.2, -0.15) is 0 Å². The van der Waals surface area contributed by atoms with Crippen LogP contribution in [0.25, 0.3) is 0 Å². The van der Waals surface area contributed by atoms with Gasteiger partial charge in [0.05, 0.1) is 6.54 Å². The molecule has 4 nitrogen and oxygen atoms in total. The lowest BCUT2D eigenvalue weighted by atomic mass is 9.90. The van der Waals surface area contributed by atoms with Crippen LogP contribution >= 0.6 is 11.6 Å². The molecule has 1 aliphatic heterocycles. The van der Waals surface area contributed by atoms with Crippen molar-refractivity contribution in [2.24, 2.45) is 5.41 Å². The highest BCUT2D eigenvalue weighted by molar-refractivity contribution is 6.31. The number of aromatic hydroxyl groups is 1. The number of alkyl halides is 1. The molecule has 0 radical (unpaired) electrons. The van der Waals surface area contributed by atoms with E-state index in [4.69, 9.17) is 11.6 Å². The van der Waals surface area contributed by atoms with E-state index in [0.29, 0.717) is 25.9 Å². The lowest BCUT2D eigenvalue weighted by Crippen LogP contribution is -2.48. The molecule has 6 heteroatoms. The SMILES string of the molecule is CC(C)(C)CCN1CCC(F)(CNC(=O)c2cc(O)cc(Cl)c2)CC1. The molecular formula is C19H28ClFN2O2. The second-order valence-electron chi connectivity index (χ2n) is 8.18. The van der Waals surface area contributed by atoms with E-state index in [1.807, 2.05) is 0 Å². The smallest absolute Gasteiger partial charge is 0.251 e. The lowest BCUT2D eigenvalue weighted by molar-refractivity contribution is 0.0508. The minimum absolute atomic E-state index is 0.0216. The van der Waals surface area contributed by atoms with Gasteiger partial charge in [0.15, 0.2) is 0 Å². The van der Waals surface area contributed by atoms with Crippen LogP contribution in [-0.2, 0) is 0 Å².